The zero-order chi connectivity index (χ0) is 11.0. The van der Waals surface area contributed by atoms with Gasteiger partial charge in [0.2, 0.25) is 5.95 Å². The molecule has 6 heteroatoms. The van der Waals surface area contributed by atoms with Crippen LogP contribution >= 0.6 is 11.3 Å². The van der Waals surface area contributed by atoms with Crippen molar-refractivity contribution in [1.29, 1.82) is 0 Å². The minimum Gasteiger partial charge on any atom is -0.378 e. The van der Waals surface area contributed by atoms with Crippen molar-refractivity contribution in [2.24, 2.45) is 0 Å². The number of hydrogen-bond donors (Lipinski definition) is 1. The van der Waals surface area contributed by atoms with Gasteiger partial charge >= 0.3 is 0 Å². The largest absolute Gasteiger partial charge is 0.378 e. The second-order valence-corrected chi connectivity index (χ2v) is 4.56. The Kier molecular flexibility index (Phi) is 2.37. The first kappa shape index (κ1) is 9.80. The molecule has 2 N–H and O–H groups in total. The molecule has 0 aromatic carbocycles. The van der Waals surface area contributed by atoms with Crippen LogP contribution in [0.3, 0.4) is 0 Å². The van der Waals surface area contributed by atoms with E-state index in [-0.39, 0.29) is 0 Å². The molecule has 5 nitrogen and oxygen atoms in total. The molecule has 2 aromatic heterocycles. The van der Waals surface area contributed by atoms with Gasteiger partial charge in [-0.2, -0.15) is 4.98 Å². The highest BCUT2D eigenvalue weighted by molar-refractivity contribution is 7.17. The molecule has 16 heavy (non-hydrogen) atoms. The van der Waals surface area contributed by atoms with Crippen LogP contribution in [-0.4, -0.2) is 36.3 Å². The molecule has 0 radical (unpaired) electrons. The van der Waals surface area contributed by atoms with Crippen molar-refractivity contribution in [2.45, 2.75) is 0 Å². The van der Waals surface area contributed by atoms with Crippen LogP contribution in [-0.2, 0) is 4.74 Å². The summed E-state index contributed by atoms with van der Waals surface area (Å²) in [6.45, 7) is 3.22. The maximum atomic E-state index is 5.72. The lowest BCUT2D eigenvalue weighted by molar-refractivity contribution is 0.122. The Morgan fingerprint density at radius 3 is 2.94 bits per heavy atom. The van der Waals surface area contributed by atoms with Gasteiger partial charge in [0.25, 0.3) is 0 Å². The van der Waals surface area contributed by atoms with Crippen molar-refractivity contribution in [2.75, 3.05) is 36.9 Å². The van der Waals surface area contributed by atoms with E-state index in [2.05, 4.69) is 14.9 Å². The number of anilines is 2. The van der Waals surface area contributed by atoms with E-state index in [4.69, 9.17) is 10.5 Å². The van der Waals surface area contributed by atoms with Crippen LogP contribution in [0.5, 0.6) is 0 Å². The molecule has 1 aliphatic heterocycles. The monoisotopic (exact) mass is 236 g/mol. The van der Waals surface area contributed by atoms with Crippen molar-refractivity contribution < 1.29 is 4.74 Å². The molecular weight excluding hydrogens is 224 g/mol. The zero-order valence-corrected chi connectivity index (χ0v) is 9.54. The second kappa shape index (κ2) is 3.88. The molecule has 0 amide bonds. The van der Waals surface area contributed by atoms with Gasteiger partial charge in [-0.15, -0.1) is 11.3 Å². The number of fused-ring (bicyclic) bond motifs is 1. The fourth-order valence-electron chi connectivity index (χ4n) is 1.86. The summed E-state index contributed by atoms with van der Waals surface area (Å²) in [7, 11) is 0. The number of thiophene rings is 1. The van der Waals surface area contributed by atoms with Crippen LogP contribution in [0.15, 0.2) is 11.4 Å². The van der Waals surface area contributed by atoms with Gasteiger partial charge in [-0.1, -0.05) is 0 Å². The van der Waals surface area contributed by atoms with E-state index in [9.17, 15) is 0 Å². The van der Waals surface area contributed by atoms with Gasteiger partial charge in [0, 0.05) is 13.1 Å². The predicted molar refractivity (Wildman–Crippen MR) is 64.9 cm³/mol. The number of ether oxygens (including phenoxy) is 1. The van der Waals surface area contributed by atoms with Crippen LogP contribution in [0.25, 0.3) is 10.2 Å². The minimum atomic E-state index is 0.340. The Bertz CT molecular complexity index is 506. The Balaban J connectivity index is 2.09. The van der Waals surface area contributed by atoms with E-state index < -0.39 is 0 Å². The fourth-order valence-corrected chi connectivity index (χ4v) is 2.70. The van der Waals surface area contributed by atoms with Gasteiger partial charge in [0.05, 0.1) is 23.4 Å². The molecule has 2 aromatic rings. The van der Waals surface area contributed by atoms with E-state index >= 15 is 0 Å². The van der Waals surface area contributed by atoms with Crippen molar-refractivity contribution in [3.05, 3.63) is 11.4 Å². The number of aromatic nitrogens is 2. The van der Waals surface area contributed by atoms with Crippen LogP contribution in [0.4, 0.5) is 11.8 Å². The van der Waals surface area contributed by atoms with Gasteiger partial charge in [-0.05, 0) is 11.4 Å². The third-order valence-electron chi connectivity index (χ3n) is 2.61. The van der Waals surface area contributed by atoms with Crippen molar-refractivity contribution in [3.63, 3.8) is 0 Å². The third-order valence-corrected chi connectivity index (χ3v) is 3.51. The average Bonchev–Trinajstić information content (AvgIpc) is 2.77. The molecule has 1 fully saturated rings. The van der Waals surface area contributed by atoms with Gasteiger partial charge < -0.3 is 15.4 Å². The quantitative estimate of drug-likeness (QED) is 0.803. The lowest BCUT2D eigenvalue weighted by Gasteiger charge is -2.28. The standard InChI is InChI=1S/C10H12N4OS/c11-10-12-7-1-6-16-8(7)9(13-10)14-2-4-15-5-3-14/h1,6H,2-5H2,(H2,11,12,13). The molecule has 3 rings (SSSR count). The lowest BCUT2D eigenvalue weighted by Crippen LogP contribution is -2.36. The average molecular weight is 236 g/mol. The van der Waals surface area contributed by atoms with Crippen LogP contribution in [0.2, 0.25) is 0 Å². The molecule has 84 valence electrons. The first-order valence-corrected chi connectivity index (χ1v) is 6.06. The summed E-state index contributed by atoms with van der Waals surface area (Å²) in [5, 5.41) is 2.02. The second-order valence-electron chi connectivity index (χ2n) is 3.64. The summed E-state index contributed by atoms with van der Waals surface area (Å²) < 4.78 is 6.44. The highest BCUT2D eigenvalue weighted by atomic mass is 32.1. The molecule has 1 aliphatic rings. The number of hydrogen-bond acceptors (Lipinski definition) is 6. The molecule has 0 bridgehead atoms. The smallest absolute Gasteiger partial charge is 0.222 e. The predicted octanol–water partition coefficient (Wildman–Crippen LogP) is 1.11. The Hall–Kier alpha value is -1.40. The molecule has 0 unspecified atom stereocenters. The van der Waals surface area contributed by atoms with E-state index in [1.165, 1.54) is 0 Å². The maximum Gasteiger partial charge on any atom is 0.222 e. The molecule has 0 saturated carbocycles. The molecule has 1 saturated heterocycles. The van der Waals surface area contributed by atoms with Gasteiger partial charge in [-0.3, -0.25) is 0 Å². The third kappa shape index (κ3) is 1.60. The normalized spacial score (nSPS) is 16.9. The summed E-state index contributed by atoms with van der Waals surface area (Å²) in [5.74, 6) is 1.29. The Labute approximate surface area is 96.9 Å². The SMILES string of the molecule is Nc1nc(N2CCOCC2)c2sccc2n1. The zero-order valence-electron chi connectivity index (χ0n) is 8.72. The van der Waals surface area contributed by atoms with Crippen LogP contribution < -0.4 is 10.6 Å². The first-order valence-electron chi connectivity index (χ1n) is 5.18. The van der Waals surface area contributed by atoms with Gasteiger partial charge in [0.1, 0.15) is 0 Å². The van der Waals surface area contributed by atoms with Gasteiger partial charge in [0.15, 0.2) is 5.82 Å². The first-order chi connectivity index (χ1) is 7.84. The topological polar surface area (TPSA) is 64.3 Å². The summed E-state index contributed by atoms with van der Waals surface area (Å²) in [6.07, 6.45) is 0. The number of morpholine rings is 1. The van der Waals surface area contributed by atoms with E-state index in [0.29, 0.717) is 5.95 Å². The Morgan fingerprint density at radius 2 is 2.12 bits per heavy atom. The Morgan fingerprint density at radius 1 is 1.31 bits per heavy atom. The van der Waals surface area contributed by atoms with Crippen LogP contribution in [0.1, 0.15) is 0 Å². The minimum absolute atomic E-state index is 0.340. The highest BCUT2D eigenvalue weighted by Gasteiger charge is 2.17. The number of nitrogen functional groups attached to an aromatic ring is 1. The molecule has 0 spiro atoms. The summed E-state index contributed by atoms with van der Waals surface area (Å²) in [6, 6.07) is 1.97. The van der Waals surface area contributed by atoms with E-state index in [1.807, 2.05) is 11.4 Å². The maximum absolute atomic E-state index is 5.72. The summed E-state index contributed by atoms with van der Waals surface area (Å²) in [5.41, 5.74) is 6.64. The van der Waals surface area contributed by atoms with Crippen molar-refractivity contribution in [3.8, 4) is 0 Å². The molecular formula is C10H12N4OS. The number of nitrogens with zero attached hydrogens (tertiary/aromatic N) is 3. The van der Waals surface area contributed by atoms with Crippen molar-refractivity contribution >= 4 is 33.3 Å². The number of nitrogens with two attached hydrogens (primary N) is 1. The lowest BCUT2D eigenvalue weighted by atomic mass is 10.3. The summed E-state index contributed by atoms with van der Waals surface area (Å²) >= 11 is 1.65. The molecule has 0 atom stereocenters. The highest BCUT2D eigenvalue weighted by Crippen LogP contribution is 2.29. The molecule has 3 heterocycles. The van der Waals surface area contributed by atoms with E-state index in [0.717, 1.165) is 42.3 Å². The number of rotatable bonds is 1. The van der Waals surface area contributed by atoms with Crippen LogP contribution in [0, 0.1) is 0 Å². The van der Waals surface area contributed by atoms with Crippen molar-refractivity contribution in [1.82, 2.24) is 9.97 Å². The molecule has 0 aliphatic carbocycles. The fraction of sp³-hybridized carbons (Fsp3) is 0.400. The van der Waals surface area contributed by atoms with Gasteiger partial charge in [-0.25, -0.2) is 4.98 Å². The van der Waals surface area contributed by atoms with E-state index in [1.54, 1.807) is 11.3 Å². The summed E-state index contributed by atoms with van der Waals surface area (Å²) in [4.78, 5) is 10.8.